The summed E-state index contributed by atoms with van der Waals surface area (Å²) in [7, 11) is 0. The van der Waals surface area contributed by atoms with E-state index in [0.29, 0.717) is 5.56 Å². The highest BCUT2D eigenvalue weighted by Crippen LogP contribution is 2.40. The van der Waals surface area contributed by atoms with Crippen LogP contribution in [0.3, 0.4) is 0 Å². The predicted molar refractivity (Wildman–Crippen MR) is 106 cm³/mol. The summed E-state index contributed by atoms with van der Waals surface area (Å²) in [4.78, 5) is 0. The van der Waals surface area contributed by atoms with Crippen molar-refractivity contribution in [1.82, 2.24) is 0 Å². The van der Waals surface area contributed by atoms with E-state index in [1.807, 2.05) is 53.7 Å². The van der Waals surface area contributed by atoms with E-state index in [-0.39, 0.29) is 16.6 Å². The highest BCUT2D eigenvalue weighted by Gasteiger charge is 2.30. The molecule has 0 heterocycles. The van der Waals surface area contributed by atoms with E-state index in [0.717, 1.165) is 28.8 Å². The quantitative estimate of drug-likeness (QED) is 0.551. The van der Waals surface area contributed by atoms with E-state index in [9.17, 15) is 18.3 Å². The number of aromatic hydroxyl groups is 1. The Hall–Kier alpha value is -2.23. The maximum atomic E-state index is 12.9. The molecule has 0 atom stereocenters. The van der Waals surface area contributed by atoms with Crippen LogP contribution in [0.4, 0.5) is 13.2 Å². The van der Waals surface area contributed by atoms with Crippen molar-refractivity contribution in [2.75, 3.05) is 0 Å². The van der Waals surface area contributed by atoms with E-state index >= 15 is 0 Å². The zero-order valence-electron chi connectivity index (χ0n) is 16.7. The van der Waals surface area contributed by atoms with Gasteiger partial charge in [0, 0.05) is 11.1 Å². The normalized spacial score (nSPS) is 13.4. The summed E-state index contributed by atoms with van der Waals surface area (Å²) < 4.78 is 38.7. The number of alkyl halides is 3. The molecule has 27 heavy (non-hydrogen) atoms. The van der Waals surface area contributed by atoms with Crippen molar-refractivity contribution in [2.45, 2.75) is 58.5 Å². The number of phenols is 1. The summed E-state index contributed by atoms with van der Waals surface area (Å²) in [5.74, 6) is 0.284. The highest BCUT2D eigenvalue weighted by atomic mass is 19.4. The second-order valence-electron chi connectivity index (χ2n) is 8.92. The van der Waals surface area contributed by atoms with Gasteiger partial charge < -0.3 is 5.11 Å². The first kappa shape index (κ1) is 21.1. The third-order valence-corrected chi connectivity index (χ3v) is 4.43. The molecule has 2 rings (SSSR count). The number of phenolic OH excluding ortho intramolecular Hbond substituents is 1. The molecule has 2 aromatic rings. The molecular formula is C23H27F3O. The van der Waals surface area contributed by atoms with Crippen LogP contribution in [-0.4, -0.2) is 5.11 Å². The van der Waals surface area contributed by atoms with Gasteiger partial charge in [-0.1, -0.05) is 65.8 Å². The Morgan fingerprint density at radius 2 is 1.22 bits per heavy atom. The van der Waals surface area contributed by atoms with Gasteiger partial charge in [-0.3, -0.25) is 0 Å². The van der Waals surface area contributed by atoms with Gasteiger partial charge in [0.05, 0.1) is 5.56 Å². The number of rotatable bonds is 2. The van der Waals surface area contributed by atoms with E-state index in [4.69, 9.17) is 0 Å². The molecule has 0 saturated carbocycles. The second-order valence-corrected chi connectivity index (χ2v) is 8.92. The summed E-state index contributed by atoms with van der Waals surface area (Å²) in [6.45, 7) is 12.1. The van der Waals surface area contributed by atoms with Gasteiger partial charge in [-0.15, -0.1) is 0 Å². The minimum absolute atomic E-state index is 0.260. The lowest BCUT2D eigenvalue weighted by Gasteiger charge is -2.27. The van der Waals surface area contributed by atoms with Gasteiger partial charge in [-0.2, -0.15) is 13.2 Å². The maximum Gasteiger partial charge on any atom is 0.416 e. The van der Waals surface area contributed by atoms with Crippen LogP contribution in [0.5, 0.6) is 5.75 Å². The van der Waals surface area contributed by atoms with Crippen molar-refractivity contribution in [1.29, 1.82) is 0 Å². The Bertz CT molecular complexity index is 812. The maximum absolute atomic E-state index is 12.9. The van der Waals surface area contributed by atoms with Crippen LogP contribution in [0.1, 0.15) is 69.4 Å². The Balaban J connectivity index is 2.52. The predicted octanol–water partition coefficient (Wildman–Crippen LogP) is 7.18. The van der Waals surface area contributed by atoms with Gasteiger partial charge in [0.25, 0.3) is 0 Å². The van der Waals surface area contributed by atoms with Crippen LogP contribution in [0.15, 0.2) is 36.4 Å². The van der Waals surface area contributed by atoms with Gasteiger partial charge >= 0.3 is 6.18 Å². The van der Waals surface area contributed by atoms with Gasteiger partial charge in [0.2, 0.25) is 0 Å². The number of hydrogen-bond donors (Lipinski definition) is 1. The SMILES string of the molecule is CC(C)(C)c1cc(/C=C/c2cccc(C(F)(F)F)c2)cc(C(C)(C)C)c1O. The minimum atomic E-state index is -4.36. The van der Waals surface area contributed by atoms with Gasteiger partial charge in [-0.25, -0.2) is 0 Å². The number of hydrogen-bond acceptors (Lipinski definition) is 1. The van der Waals surface area contributed by atoms with Crippen LogP contribution in [0.2, 0.25) is 0 Å². The first-order valence-corrected chi connectivity index (χ1v) is 8.93. The first-order valence-electron chi connectivity index (χ1n) is 8.93. The number of benzene rings is 2. The summed E-state index contributed by atoms with van der Waals surface area (Å²) >= 11 is 0. The molecule has 0 saturated heterocycles. The Kier molecular flexibility index (Phi) is 5.51. The van der Waals surface area contributed by atoms with Crippen LogP contribution in [-0.2, 0) is 17.0 Å². The molecule has 0 aliphatic carbocycles. The molecule has 0 aromatic heterocycles. The molecule has 1 N–H and O–H groups in total. The number of halogens is 3. The minimum Gasteiger partial charge on any atom is -0.507 e. The molecule has 0 spiro atoms. The summed E-state index contributed by atoms with van der Waals surface area (Å²) in [6, 6.07) is 9.03. The lowest BCUT2D eigenvalue weighted by atomic mass is 9.78. The third kappa shape index (κ3) is 5.15. The van der Waals surface area contributed by atoms with Crippen molar-refractivity contribution >= 4 is 12.2 Å². The smallest absolute Gasteiger partial charge is 0.416 e. The van der Waals surface area contributed by atoms with Gasteiger partial charge in [0.15, 0.2) is 0 Å². The molecule has 0 radical (unpaired) electrons. The summed E-state index contributed by atoms with van der Waals surface area (Å²) in [6.07, 6.45) is -0.902. The molecule has 0 amide bonds. The van der Waals surface area contributed by atoms with Crippen molar-refractivity contribution in [3.63, 3.8) is 0 Å². The Labute approximate surface area is 159 Å². The monoisotopic (exact) mass is 376 g/mol. The molecule has 4 heteroatoms. The van der Waals surface area contributed by atoms with Crippen LogP contribution in [0, 0.1) is 0 Å². The summed E-state index contributed by atoms with van der Waals surface area (Å²) in [5.41, 5.74) is 1.78. The van der Waals surface area contributed by atoms with Crippen molar-refractivity contribution in [3.8, 4) is 5.75 Å². The second kappa shape index (κ2) is 7.06. The lowest BCUT2D eigenvalue weighted by Crippen LogP contribution is -2.17. The molecular weight excluding hydrogens is 349 g/mol. The van der Waals surface area contributed by atoms with Crippen LogP contribution < -0.4 is 0 Å². The zero-order valence-corrected chi connectivity index (χ0v) is 16.7. The third-order valence-electron chi connectivity index (χ3n) is 4.43. The topological polar surface area (TPSA) is 20.2 Å². The van der Waals surface area contributed by atoms with E-state index in [1.54, 1.807) is 18.2 Å². The van der Waals surface area contributed by atoms with E-state index < -0.39 is 11.7 Å². The molecule has 2 aromatic carbocycles. The fourth-order valence-electron chi connectivity index (χ4n) is 2.91. The van der Waals surface area contributed by atoms with Gasteiger partial charge in [-0.05, 0) is 46.2 Å². The first-order chi connectivity index (χ1) is 12.2. The van der Waals surface area contributed by atoms with Crippen molar-refractivity contribution in [3.05, 3.63) is 64.2 Å². The molecule has 0 bridgehead atoms. The largest absolute Gasteiger partial charge is 0.507 e. The standard InChI is InChI=1S/C23H27F3O/c1-21(2,3)18-13-16(14-19(20(18)27)22(4,5)6)11-10-15-8-7-9-17(12-15)23(24,25)26/h7-14,27H,1-6H3/b11-10+. The van der Waals surface area contributed by atoms with Crippen molar-refractivity contribution < 1.29 is 18.3 Å². The molecule has 0 fully saturated rings. The van der Waals surface area contributed by atoms with Gasteiger partial charge in [0.1, 0.15) is 5.75 Å². The molecule has 0 aliphatic rings. The fraction of sp³-hybridized carbons (Fsp3) is 0.391. The van der Waals surface area contributed by atoms with Crippen LogP contribution >= 0.6 is 0 Å². The van der Waals surface area contributed by atoms with Crippen molar-refractivity contribution in [2.24, 2.45) is 0 Å². The molecule has 1 nitrogen and oxygen atoms in total. The average molecular weight is 376 g/mol. The fourth-order valence-corrected chi connectivity index (χ4v) is 2.91. The Morgan fingerprint density at radius 3 is 1.67 bits per heavy atom. The van der Waals surface area contributed by atoms with E-state index in [2.05, 4.69) is 0 Å². The highest BCUT2D eigenvalue weighted by molar-refractivity contribution is 5.72. The lowest BCUT2D eigenvalue weighted by molar-refractivity contribution is -0.137. The summed E-state index contributed by atoms with van der Waals surface area (Å²) in [5, 5.41) is 10.7. The Morgan fingerprint density at radius 1 is 0.741 bits per heavy atom. The molecule has 0 unspecified atom stereocenters. The van der Waals surface area contributed by atoms with E-state index in [1.165, 1.54) is 6.07 Å². The van der Waals surface area contributed by atoms with Crippen LogP contribution in [0.25, 0.3) is 12.2 Å². The molecule has 146 valence electrons. The average Bonchev–Trinajstić information content (AvgIpc) is 2.51. The zero-order chi connectivity index (χ0) is 20.6. The molecule has 0 aliphatic heterocycles.